The topological polar surface area (TPSA) is 98.4 Å². The Hall–Kier alpha value is -2.99. The highest BCUT2D eigenvalue weighted by Gasteiger charge is 2.34. The third-order valence-corrected chi connectivity index (χ3v) is 6.82. The van der Waals surface area contributed by atoms with Crippen LogP contribution in [0.15, 0.2) is 52.1 Å². The Kier molecular flexibility index (Phi) is 5.91. The van der Waals surface area contributed by atoms with Crippen molar-refractivity contribution >= 4 is 10.0 Å². The summed E-state index contributed by atoms with van der Waals surface area (Å²) in [5.41, 5.74) is 0.187. The molecule has 0 radical (unpaired) electrons. The minimum absolute atomic E-state index is 0.0217. The fourth-order valence-corrected chi connectivity index (χ4v) is 4.88. The minimum atomic E-state index is -4.63. The van der Waals surface area contributed by atoms with Crippen LogP contribution in [0.4, 0.5) is 13.2 Å². The quantitative estimate of drug-likeness (QED) is 0.563. The van der Waals surface area contributed by atoms with Gasteiger partial charge < -0.3 is 9.15 Å². The van der Waals surface area contributed by atoms with Crippen LogP contribution in [0.25, 0.3) is 11.3 Å². The third kappa shape index (κ3) is 4.75. The van der Waals surface area contributed by atoms with Gasteiger partial charge in [-0.2, -0.15) is 22.5 Å². The molecule has 1 aliphatic heterocycles. The van der Waals surface area contributed by atoms with E-state index in [1.807, 2.05) is 0 Å². The molecule has 32 heavy (non-hydrogen) atoms. The molecule has 3 aromatic rings. The van der Waals surface area contributed by atoms with E-state index in [0.717, 1.165) is 12.3 Å². The van der Waals surface area contributed by atoms with Crippen LogP contribution in [0.3, 0.4) is 0 Å². The number of rotatable bonds is 5. The molecule has 3 heterocycles. The first-order valence-corrected chi connectivity index (χ1v) is 11.2. The van der Waals surface area contributed by atoms with Gasteiger partial charge in [-0.05, 0) is 31.0 Å². The summed E-state index contributed by atoms with van der Waals surface area (Å²) in [7, 11) is -3.82. The highest BCUT2D eigenvalue weighted by atomic mass is 32.2. The standard InChI is InChI=1S/C20H19F3N4O4S/c1-13-25-17(12-30-13)14-4-6-16(7-5-14)32(28,29)27-10-2-3-15(11-27)31-19-24-9-8-18(26-19)20(21,22)23/h4-9,12,15H,2-3,10-11H2,1H3. The van der Waals surface area contributed by atoms with Crippen molar-refractivity contribution < 1.29 is 30.7 Å². The van der Waals surface area contributed by atoms with Gasteiger partial charge in [-0.3, -0.25) is 0 Å². The van der Waals surface area contributed by atoms with Crippen LogP contribution >= 0.6 is 0 Å². The Morgan fingerprint density at radius 1 is 1.16 bits per heavy atom. The molecule has 1 aromatic carbocycles. The van der Waals surface area contributed by atoms with Crippen LogP contribution in [0.1, 0.15) is 24.4 Å². The third-order valence-electron chi connectivity index (χ3n) is 4.94. The normalized spacial score (nSPS) is 17.9. The average Bonchev–Trinajstić information content (AvgIpc) is 3.20. The first-order valence-electron chi connectivity index (χ1n) is 9.72. The van der Waals surface area contributed by atoms with Gasteiger partial charge in [0.1, 0.15) is 18.1 Å². The summed E-state index contributed by atoms with van der Waals surface area (Å²) in [6.45, 7) is 1.96. The van der Waals surface area contributed by atoms with Crippen LogP contribution in [-0.2, 0) is 16.2 Å². The molecule has 2 aromatic heterocycles. The number of aryl methyl sites for hydroxylation is 1. The number of halogens is 3. The van der Waals surface area contributed by atoms with Crippen molar-refractivity contribution in [2.75, 3.05) is 13.1 Å². The lowest BCUT2D eigenvalue weighted by Crippen LogP contribution is -2.44. The molecular weight excluding hydrogens is 449 g/mol. The lowest BCUT2D eigenvalue weighted by molar-refractivity contribution is -0.141. The highest BCUT2D eigenvalue weighted by Crippen LogP contribution is 2.29. The molecule has 0 amide bonds. The summed E-state index contributed by atoms with van der Waals surface area (Å²) in [5.74, 6) is 0.501. The Bertz CT molecular complexity index is 1200. The van der Waals surface area contributed by atoms with Crippen LogP contribution < -0.4 is 4.74 Å². The number of ether oxygens (including phenoxy) is 1. The molecule has 0 aliphatic carbocycles. The molecule has 0 saturated carbocycles. The molecule has 0 bridgehead atoms. The molecule has 0 N–H and O–H groups in total. The van der Waals surface area contributed by atoms with E-state index in [1.54, 1.807) is 19.1 Å². The Balaban J connectivity index is 1.47. The summed E-state index contributed by atoms with van der Waals surface area (Å²) in [4.78, 5) is 11.4. The Morgan fingerprint density at radius 3 is 2.56 bits per heavy atom. The zero-order valence-electron chi connectivity index (χ0n) is 16.9. The number of hydrogen-bond acceptors (Lipinski definition) is 7. The van der Waals surface area contributed by atoms with Gasteiger partial charge in [0, 0.05) is 25.2 Å². The van der Waals surface area contributed by atoms with Crippen molar-refractivity contribution in [3.63, 3.8) is 0 Å². The number of alkyl halides is 3. The van der Waals surface area contributed by atoms with Crippen LogP contribution in [0.5, 0.6) is 6.01 Å². The number of oxazole rings is 1. The van der Waals surface area contributed by atoms with Crippen LogP contribution in [-0.4, -0.2) is 46.9 Å². The van der Waals surface area contributed by atoms with Crippen molar-refractivity contribution in [2.24, 2.45) is 0 Å². The van der Waals surface area contributed by atoms with Gasteiger partial charge in [0.25, 0.3) is 0 Å². The number of hydrogen-bond donors (Lipinski definition) is 0. The minimum Gasteiger partial charge on any atom is -0.459 e. The van der Waals surface area contributed by atoms with Crippen molar-refractivity contribution in [2.45, 2.75) is 36.9 Å². The lowest BCUT2D eigenvalue weighted by atomic mass is 10.1. The predicted octanol–water partition coefficient (Wildman–Crippen LogP) is 3.69. The van der Waals surface area contributed by atoms with Crippen molar-refractivity contribution in [3.8, 4) is 17.3 Å². The molecule has 4 rings (SSSR count). The highest BCUT2D eigenvalue weighted by molar-refractivity contribution is 7.89. The van der Waals surface area contributed by atoms with Crippen molar-refractivity contribution in [3.05, 3.63) is 54.4 Å². The van der Waals surface area contributed by atoms with Crippen LogP contribution in [0, 0.1) is 6.92 Å². The Labute approximate surface area is 182 Å². The van der Waals surface area contributed by atoms with Gasteiger partial charge in [-0.15, -0.1) is 0 Å². The van der Waals surface area contributed by atoms with E-state index in [4.69, 9.17) is 9.15 Å². The van der Waals surface area contributed by atoms with Crippen molar-refractivity contribution in [1.29, 1.82) is 0 Å². The van der Waals surface area contributed by atoms with E-state index in [2.05, 4.69) is 15.0 Å². The van der Waals surface area contributed by atoms with Gasteiger partial charge in [0.05, 0.1) is 11.4 Å². The van der Waals surface area contributed by atoms with E-state index < -0.39 is 34.0 Å². The van der Waals surface area contributed by atoms with Gasteiger partial charge in [-0.1, -0.05) is 12.1 Å². The maximum absolute atomic E-state index is 13.1. The monoisotopic (exact) mass is 468 g/mol. The van der Waals surface area contributed by atoms with E-state index >= 15 is 0 Å². The zero-order valence-corrected chi connectivity index (χ0v) is 17.7. The molecule has 1 unspecified atom stereocenters. The average molecular weight is 468 g/mol. The number of sulfonamides is 1. The summed E-state index contributed by atoms with van der Waals surface area (Å²) < 4.78 is 76.6. The molecule has 1 saturated heterocycles. The summed E-state index contributed by atoms with van der Waals surface area (Å²) in [6.07, 6.45) is -1.89. The molecular formula is C20H19F3N4O4S. The second-order valence-electron chi connectivity index (χ2n) is 7.24. The second kappa shape index (κ2) is 8.51. The zero-order chi connectivity index (χ0) is 22.9. The predicted molar refractivity (Wildman–Crippen MR) is 106 cm³/mol. The smallest absolute Gasteiger partial charge is 0.433 e. The van der Waals surface area contributed by atoms with E-state index in [0.29, 0.717) is 30.0 Å². The molecule has 8 nitrogen and oxygen atoms in total. The van der Waals surface area contributed by atoms with E-state index in [1.165, 1.54) is 22.7 Å². The molecule has 0 spiro atoms. The summed E-state index contributed by atoms with van der Waals surface area (Å²) >= 11 is 0. The molecule has 1 aliphatic rings. The first kappa shape index (κ1) is 22.2. The number of piperidine rings is 1. The first-order chi connectivity index (χ1) is 15.1. The van der Waals surface area contributed by atoms with E-state index in [-0.39, 0.29) is 18.0 Å². The summed E-state index contributed by atoms with van der Waals surface area (Å²) in [5, 5.41) is 0. The molecule has 1 atom stereocenters. The van der Waals surface area contributed by atoms with Crippen LogP contribution in [0.2, 0.25) is 0 Å². The van der Waals surface area contributed by atoms with Gasteiger partial charge in [0.2, 0.25) is 10.0 Å². The largest absolute Gasteiger partial charge is 0.459 e. The number of benzene rings is 1. The van der Waals surface area contributed by atoms with Gasteiger partial charge in [0.15, 0.2) is 11.6 Å². The van der Waals surface area contributed by atoms with Gasteiger partial charge in [-0.25, -0.2) is 18.4 Å². The fourth-order valence-electron chi connectivity index (χ4n) is 3.37. The van der Waals surface area contributed by atoms with E-state index in [9.17, 15) is 21.6 Å². The fraction of sp³-hybridized carbons (Fsp3) is 0.350. The van der Waals surface area contributed by atoms with Gasteiger partial charge >= 0.3 is 12.2 Å². The maximum atomic E-state index is 13.1. The van der Waals surface area contributed by atoms with Crippen molar-refractivity contribution in [1.82, 2.24) is 19.3 Å². The second-order valence-corrected chi connectivity index (χ2v) is 9.18. The maximum Gasteiger partial charge on any atom is 0.433 e. The molecule has 170 valence electrons. The summed E-state index contributed by atoms with van der Waals surface area (Å²) in [6, 6.07) is 6.55. The Morgan fingerprint density at radius 2 is 1.91 bits per heavy atom. The number of nitrogens with zero attached hydrogens (tertiary/aromatic N) is 4. The lowest BCUT2D eigenvalue weighted by Gasteiger charge is -2.31. The molecule has 1 fully saturated rings. The number of aromatic nitrogens is 3. The SMILES string of the molecule is Cc1nc(-c2ccc(S(=O)(=O)N3CCCC(Oc4nccc(C(F)(F)F)n4)C3)cc2)co1. The molecule has 12 heteroatoms.